The van der Waals surface area contributed by atoms with Crippen LogP contribution in [0.1, 0.15) is 11.1 Å². The molecule has 0 saturated heterocycles. The largest absolute Gasteiger partial charge is 0.497 e. The van der Waals surface area contributed by atoms with Gasteiger partial charge in [-0.05, 0) is 36.8 Å². The first kappa shape index (κ1) is 14.5. The van der Waals surface area contributed by atoms with Crippen LogP contribution in [-0.2, 0) is 6.54 Å². The van der Waals surface area contributed by atoms with Crippen molar-refractivity contribution in [2.75, 3.05) is 7.11 Å². The highest BCUT2D eigenvalue weighted by molar-refractivity contribution is 6.04. The Labute approximate surface area is 138 Å². The highest BCUT2D eigenvalue weighted by Crippen LogP contribution is 2.22. The first-order valence-electron chi connectivity index (χ1n) is 7.76. The number of hydrogen-bond acceptors (Lipinski definition) is 3. The Hall–Kier alpha value is -3.08. The van der Waals surface area contributed by atoms with E-state index in [0.29, 0.717) is 12.1 Å². The number of nitrogens with one attached hydrogen (secondary N) is 1. The van der Waals surface area contributed by atoms with Crippen molar-refractivity contribution in [3.05, 3.63) is 70.3 Å². The van der Waals surface area contributed by atoms with Crippen LogP contribution in [0.5, 0.6) is 5.75 Å². The summed E-state index contributed by atoms with van der Waals surface area (Å²) in [7, 11) is 1.63. The Bertz CT molecular complexity index is 1110. The van der Waals surface area contributed by atoms with Crippen LogP contribution in [0, 0.1) is 6.92 Å². The molecule has 0 unspecified atom stereocenters. The van der Waals surface area contributed by atoms with Crippen molar-refractivity contribution in [2.45, 2.75) is 13.5 Å². The second kappa shape index (κ2) is 5.53. The highest BCUT2D eigenvalue weighted by atomic mass is 16.5. The fraction of sp³-hybridized carbons (Fsp3) is 0.158. The van der Waals surface area contributed by atoms with E-state index in [-0.39, 0.29) is 5.56 Å². The summed E-state index contributed by atoms with van der Waals surface area (Å²) in [5.74, 6) is 0.774. The number of H-pyrrole nitrogens is 1. The number of fused-ring (bicyclic) bond motifs is 3. The minimum Gasteiger partial charge on any atom is -0.497 e. The molecule has 120 valence electrons. The topological polar surface area (TPSA) is 59.9 Å². The zero-order valence-corrected chi connectivity index (χ0v) is 13.5. The Morgan fingerprint density at radius 1 is 1.21 bits per heavy atom. The van der Waals surface area contributed by atoms with Gasteiger partial charge in [-0.25, -0.2) is 4.98 Å². The number of aryl methyl sites for hydroxylation is 1. The van der Waals surface area contributed by atoms with Crippen LogP contribution in [0.2, 0.25) is 0 Å². The minimum atomic E-state index is -0.0725. The van der Waals surface area contributed by atoms with Gasteiger partial charge in [0.1, 0.15) is 16.8 Å². The number of hydrogen-bond donors (Lipinski definition) is 1. The van der Waals surface area contributed by atoms with Gasteiger partial charge in [0.15, 0.2) is 0 Å². The van der Waals surface area contributed by atoms with Crippen LogP contribution >= 0.6 is 0 Å². The second-order valence-corrected chi connectivity index (χ2v) is 5.93. The van der Waals surface area contributed by atoms with E-state index in [1.807, 2.05) is 49.4 Å². The van der Waals surface area contributed by atoms with Gasteiger partial charge in [0, 0.05) is 10.9 Å². The Morgan fingerprint density at radius 3 is 2.92 bits per heavy atom. The number of methoxy groups -OCH3 is 1. The molecule has 4 rings (SSSR count). The molecule has 5 nitrogen and oxygen atoms in total. The maximum Gasteiger partial charge on any atom is 0.277 e. The minimum absolute atomic E-state index is 0.0725. The third kappa shape index (κ3) is 2.34. The molecule has 0 aliphatic heterocycles. The number of rotatable bonds is 3. The van der Waals surface area contributed by atoms with Crippen molar-refractivity contribution in [3.63, 3.8) is 0 Å². The molecule has 1 N–H and O–H groups in total. The molecule has 2 heterocycles. The van der Waals surface area contributed by atoms with Crippen molar-refractivity contribution in [1.29, 1.82) is 0 Å². The van der Waals surface area contributed by atoms with Gasteiger partial charge in [-0.3, -0.25) is 9.36 Å². The van der Waals surface area contributed by atoms with Gasteiger partial charge in [-0.2, -0.15) is 0 Å². The summed E-state index contributed by atoms with van der Waals surface area (Å²) in [4.78, 5) is 20.5. The molecule has 2 aromatic heterocycles. The maximum atomic E-state index is 12.8. The Kier molecular flexibility index (Phi) is 3.34. The fourth-order valence-electron chi connectivity index (χ4n) is 2.98. The van der Waals surface area contributed by atoms with Gasteiger partial charge in [-0.15, -0.1) is 0 Å². The van der Waals surface area contributed by atoms with E-state index >= 15 is 0 Å². The standard InChI is InChI=1S/C19H17N3O2/c1-12-6-7-16-15(8-12)17-18(21-16)19(23)22(11-20-17)10-13-4-3-5-14(9-13)24-2/h3-9,11,21H,10H2,1-2H3. The predicted octanol–water partition coefficient (Wildman–Crippen LogP) is 3.24. The lowest BCUT2D eigenvalue weighted by molar-refractivity contribution is 0.414. The van der Waals surface area contributed by atoms with Crippen molar-refractivity contribution in [1.82, 2.24) is 14.5 Å². The summed E-state index contributed by atoms with van der Waals surface area (Å²) < 4.78 is 6.85. The molecular weight excluding hydrogens is 302 g/mol. The van der Waals surface area contributed by atoms with Gasteiger partial charge >= 0.3 is 0 Å². The molecule has 0 aliphatic rings. The van der Waals surface area contributed by atoms with Crippen LogP contribution in [0.3, 0.4) is 0 Å². The van der Waals surface area contributed by atoms with Crippen molar-refractivity contribution >= 4 is 21.9 Å². The molecule has 4 aromatic rings. The predicted molar refractivity (Wildman–Crippen MR) is 94.7 cm³/mol. The Morgan fingerprint density at radius 2 is 2.08 bits per heavy atom. The van der Waals surface area contributed by atoms with E-state index in [1.165, 1.54) is 0 Å². The van der Waals surface area contributed by atoms with E-state index < -0.39 is 0 Å². The normalized spacial score (nSPS) is 11.2. The van der Waals surface area contributed by atoms with Crippen LogP contribution in [0.4, 0.5) is 0 Å². The lowest BCUT2D eigenvalue weighted by atomic mass is 10.1. The second-order valence-electron chi connectivity index (χ2n) is 5.93. The summed E-state index contributed by atoms with van der Waals surface area (Å²) in [6.07, 6.45) is 1.61. The van der Waals surface area contributed by atoms with Crippen LogP contribution < -0.4 is 10.3 Å². The van der Waals surface area contributed by atoms with Gasteiger partial charge in [-0.1, -0.05) is 23.8 Å². The van der Waals surface area contributed by atoms with Gasteiger partial charge in [0.05, 0.1) is 20.0 Å². The quantitative estimate of drug-likeness (QED) is 0.630. The monoisotopic (exact) mass is 319 g/mol. The SMILES string of the molecule is COc1cccc(Cn2cnc3c([nH]c4ccc(C)cc43)c2=O)c1. The summed E-state index contributed by atoms with van der Waals surface area (Å²) in [5.41, 5.74) is 4.26. The number of nitrogens with zero attached hydrogens (tertiary/aromatic N) is 2. The smallest absolute Gasteiger partial charge is 0.277 e. The van der Waals surface area contributed by atoms with Crippen molar-refractivity contribution < 1.29 is 4.74 Å². The molecule has 24 heavy (non-hydrogen) atoms. The highest BCUT2D eigenvalue weighted by Gasteiger charge is 2.11. The fourth-order valence-corrected chi connectivity index (χ4v) is 2.98. The molecule has 0 bridgehead atoms. The lowest BCUT2D eigenvalue weighted by Gasteiger charge is -2.07. The van der Waals surface area contributed by atoms with Crippen LogP contribution in [0.25, 0.3) is 21.9 Å². The summed E-state index contributed by atoms with van der Waals surface area (Å²) in [6, 6.07) is 13.7. The van der Waals surface area contributed by atoms with E-state index in [0.717, 1.165) is 33.3 Å². The summed E-state index contributed by atoms with van der Waals surface area (Å²) >= 11 is 0. The van der Waals surface area contributed by atoms with Crippen molar-refractivity contribution in [3.8, 4) is 5.75 Å². The number of benzene rings is 2. The lowest BCUT2D eigenvalue weighted by Crippen LogP contribution is -2.21. The molecule has 5 heteroatoms. The number of aromatic amines is 1. The first-order chi connectivity index (χ1) is 11.7. The van der Waals surface area contributed by atoms with Gasteiger partial charge in [0.2, 0.25) is 0 Å². The maximum absolute atomic E-state index is 12.8. The number of ether oxygens (including phenoxy) is 1. The molecule has 2 aromatic carbocycles. The third-order valence-electron chi connectivity index (χ3n) is 4.21. The first-order valence-corrected chi connectivity index (χ1v) is 7.76. The van der Waals surface area contributed by atoms with E-state index in [2.05, 4.69) is 9.97 Å². The van der Waals surface area contributed by atoms with Gasteiger partial charge in [0.25, 0.3) is 5.56 Å². The molecule has 0 radical (unpaired) electrons. The van der Waals surface area contributed by atoms with E-state index in [1.54, 1.807) is 18.0 Å². The number of aromatic nitrogens is 3. The average Bonchev–Trinajstić information content (AvgIpc) is 2.96. The van der Waals surface area contributed by atoms with E-state index in [4.69, 9.17) is 4.74 Å². The summed E-state index contributed by atoms with van der Waals surface area (Å²) in [5, 5.41) is 0.982. The zero-order chi connectivity index (χ0) is 16.7. The molecule has 0 atom stereocenters. The molecular formula is C19H17N3O2. The summed E-state index contributed by atoms with van der Waals surface area (Å²) in [6.45, 7) is 2.48. The van der Waals surface area contributed by atoms with E-state index in [9.17, 15) is 4.79 Å². The Balaban J connectivity index is 1.83. The molecule has 0 amide bonds. The zero-order valence-electron chi connectivity index (χ0n) is 13.5. The molecule has 0 aliphatic carbocycles. The molecule has 0 fully saturated rings. The van der Waals surface area contributed by atoms with Crippen molar-refractivity contribution in [2.24, 2.45) is 0 Å². The third-order valence-corrected chi connectivity index (χ3v) is 4.21. The molecule has 0 saturated carbocycles. The van der Waals surface area contributed by atoms with Crippen LogP contribution in [0.15, 0.2) is 53.6 Å². The van der Waals surface area contributed by atoms with Crippen LogP contribution in [-0.4, -0.2) is 21.6 Å². The van der Waals surface area contributed by atoms with Gasteiger partial charge < -0.3 is 9.72 Å². The average molecular weight is 319 g/mol. The molecule has 0 spiro atoms.